The molecule has 0 atom stereocenters. The van der Waals surface area contributed by atoms with Crippen molar-refractivity contribution in [3.63, 3.8) is 0 Å². The van der Waals surface area contributed by atoms with Crippen molar-refractivity contribution in [1.82, 2.24) is 19.8 Å². The Bertz CT molecular complexity index is 1050. The molecule has 1 heterocycles. The first-order valence-electron chi connectivity index (χ1n) is 10.7. The molecule has 0 bridgehead atoms. The Morgan fingerprint density at radius 1 is 1.00 bits per heavy atom. The standard InChI is InChI=1S/C25H31N5O2/c1-18(2)29(24(32)28-25(3,4)5)17-22(31)27-23-26-21(19-12-8-6-9-13-19)16-30(23)20-14-10-7-11-15-20/h6-16,18H,17H2,1-5H3,(H,28,32)(H,26,27,31). The number of anilines is 1. The Morgan fingerprint density at radius 2 is 1.59 bits per heavy atom. The van der Waals surface area contributed by atoms with Crippen molar-refractivity contribution in [2.24, 2.45) is 0 Å². The van der Waals surface area contributed by atoms with Gasteiger partial charge in [0.15, 0.2) is 0 Å². The number of nitrogens with one attached hydrogen (secondary N) is 2. The highest BCUT2D eigenvalue weighted by molar-refractivity contribution is 5.93. The quantitative estimate of drug-likeness (QED) is 0.592. The van der Waals surface area contributed by atoms with Gasteiger partial charge in [-0.25, -0.2) is 9.78 Å². The highest BCUT2D eigenvalue weighted by Gasteiger charge is 2.24. The van der Waals surface area contributed by atoms with Gasteiger partial charge >= 0.3 is 6.03 Å². The number of hydrogen-bond donors (Lipinski definition) is 2. The highest BCUT2D eigenvalue weighted by atomic mass is 16.2. The molecule has 0 spiro atoms. The molecule has 0 radical (unpaired) electrons. The molecule has 7 nitrogen and oxygen atoms in total. The third-order valence-electron chi connectivity index (χ3n) is 4.74. The minimum atomic E-state index is -0.394. The van der Waals surface area contributed by atoms with E-state index in [0.29, 0.717) is 5.95 Å². The van der Waals surface area contributed by atoms with Crippen LogP contribution in [0, 0.1) is 0 Å². The summed E-state index contributed by atoms with van der Waals surface area (Å²) in [5.41, 5.74) is 2.18. The van der Waals surface area contributed by atoms with Crippen molar-refractivity contribution in [2.75, 3.05) is 11.9 Å². The van der Waals surface area contributed by atoms with Crippen LogP contribution in [0.25, 0.3) is 16.9 Å². The molecule has 2 N–H and O–H groups in total. The van der Waals surface area contributed by atoms with E-state index in [0.717, 1.165) is 16.9 Å². The average Bonchev–Trinajstić information content (AvgIpc) is 3.15. The van der Waals surface area contributed by atoms with Gasteiger partial charge in [-0.2, -0.15) is 0 Å². The van der Waals surface area contributed by atoms with Crippen LogP contribution in [-0.2, 0) is 4.79 Å². The number of amides is 3. The molecule has 0 unspecified atom stereocenters. The van der Waals surface area contributed by atoms with Crippen LogP contribution in [-0.4, -0.2) is 44.5 Å². The molecule has 168 valence electrons. The number of carbonyl (C=O) groups excluding carboxylic acids is 2. The Labute approximate surface area is 189 Å². The number of rotatable bonds is 6. The van der Waals surface area contributed by atoms with Gasteiger partial charge in [-0.05, 0) is 46.8 Å². The first-order valence-corrected chi connectivity index (χ1v) is 10.7. The summed E-state index contributed by atoms with van der Waals surface area (Å²) in [5.74, 6) is 0.0881. The molecule has 0 aliphatic rings. The zero-order chi connectivity index (χ0) is 23.3. The Balaban J connectivity index is 1.86. The molecule has 2 aromatic carbocycles. The van der Waals surface area contributed by atoms with E-state index in [9.17, 15) is 9.59 Å². The summed E-state index contributed by atoms with van der Waals surface area (Å²) in [6.07, 6.45) is 1.90. The maximum atomic E-state index is 12.9. The lowest BCUT2D eigenvalue weighted by Gasteiger charge is -2.30. The summed E-state index contributed by atoms with van der Waals surface area (Å²) in [7, 11) is 0. The van der Waals surface area contributed by atoms with E-state index in [2.05, 4.69) is 15.6 Å². The molecule has 7 heteroatoms. The third kappa shape index (κ3) is 5.97. The van der Waals surface area contributed by atoms with Crippen LogP contribution in [0.3, 0.4) is 0 Å². The van der Waals surface area contributed by atoms with E-state index < -0.39 is 5.54 Å². The molecule has 3 rings (SSSR count). The lowest BCUT2D eigenvalue weighted by molar-refractivity contribution is -0.117. The van der Waals surface area contributed by atoms with Crippen LogP contribution in [0.15, 0.2) is 66.9 Å². The highest BCUT2D eigenvalue weighted by Crippen LogP contribution is 2.24. The van der Waals surface area contributed by atoms with Crippen LogP contribution < -0.4 is 10.6 Å². The van der Waals surface area contributed by atoms with Crippen LogP contribution in [0.4, 0.5) is 10.7 Å². The lowest BCUT2D eigenvalue weighted by atomic mass is 10.1. The van der Waals surface area contributed by atoms with Crippen LogP contribution in [0.1, 0.15) is 34.6 Å². The van der Waals surface area contributed by atoms with Gasteiger partial charge in [0.2, 0.25) is 11.9 Å². The van der Waals surface area contributed by atoms with E-state index in [1.54, 1.807) is 0 Å². The Kier molecular flexibility index (Phi) is 6.98. The molecule has 0 fully saturated rings. The van der Waals surface area contributed by atoms with E-state index in [4.69, 9.17) is 0 Å². The van der Waals surface area contributed by atoms with Crippen molar-refractivity contribution in [2.45, 2.75) is 46.2 Å². The summed E-state index contributed by atoms with van der Waals surface area (Å²) >= 11 is 0. The number of imidazole rings is 1. The third-order valence-corrected chi connectivity index (χ3v) is 4.74. The minimum Gasteiger partial charge on any atom is -0.333 e. The van der Waals surface area contributed by atoms with Gasteiger partial charge in [-0.15, -0.1) is 0 Å². The summed E-state index contributed by atoms with van der Waals surface area (Å²) in [5, 5.41) is 5.81. The largest absolute Gasteiger partial charge is 0.333 e. The normalized spacial score (nSPS) is 11.3. The number of nitrogens with zero attached hydrogens (tertiary/aromatic N) is 3. The van der Waals surface area contributed by atoms with Gasteiger partial charge in [-0.3, -0.25) is 14.7 Å². The van der Waals surface area contributed by atoms with Gasteiger partial charge < -0.3 is 10.2 Å². The topological polar surface area (TPSA) is 79.3 Å². The second kappa shape index (κ2) is 9.68. The van der Waals surface area contributed by atoms with E-state index >= 15 is 0 Å². The van der Waals surface area contributed by atoms with Gasteiger partial charge in [0.05, 0.1) is 5.69 Å². The minimum absolute atomic E-state index is 0.0814. The van der Waals surface area contributed by atoms with E-state index in [1.807, 2.05) is 106 Å². The van der Waals surface area contributed by atoms with Crippen molar-refractivity contribution in [3.05, 3.63) is 66.9 Å². The molecule has 3 aromatic rings. The maximum Gasteiger partial charge on any atom is 0.318 e. The first-order chi connectivity index (χ1) is 15.1. The summed E-state index contributed by atoms with van der Waals surface area (Å²) < 4.78 is 1.84. The van der Waals surface area contributed by atoms with Gasteiger partial charge in [-0.1, -0.05) is 48.5 Å². The van der Waals surface area contributed by atoms with Crippen molar-refractivity contribution in [3.8, 4) is 16.9 Å². The molecule has 1 aromatic heterocycles. The summed E-state index contributed by atoms with van der Waals surface area (Å²) in [4.78, 5) is 31.8. The monoisotopic (exact) mass is 433 g/mol. The molecule has 0 saturated carbocycles. The zero-order valence-corrected chi connectivity index (χ0v) is 19.3. The fourth-order valence-electron chi connectivity index (χ4n) is 3.20. The molecular weight excluding hydrogens is 402 g/mol. The second-order valence-electron chi connectivity index (χ2n) is 8.97. The lowest BCUT2D eigenvalue weighted by Crippen LogP contribution is -2.52. The van der Waals surface area contributed by atoms with Crippen LogP contribution >= 0.6 is 0 Å². The van der Waals surface area contributed by atoms with Crippen molar-refractivity contribution < 1.29 is 9.59 Å². The van der Waals surface area contributed by atoms with Crippen molar-refractivity contribution in [1.29, 1.82) is 0 Å². The summed E-state index contributed by atoms with van der Waals surface area (Å²) in [6, 6.07) is 19.1. The van der Waals surface area contributed by atoms with Crippen molar-refractivity contribution >= 4 is 17.9 Å². The molecule has 3 amide bonds. The molecule has 32 heavy (non-hydrogen) atoms. The number of aromatic nitrogens is 2. The number of para-hydroxylation sites is 1. The predicted octanol–water partition coefficient (Wildman–Crippen LogP) is 4.70. The number of urea groups is 1. The smallest absolute Gasteiger partial charge is 0.318 e. The van der Waals surface area contributed by atoms with Gasteiger partial charge in [0.1, 0.15) is 6.54 Å². The van der Waals surface area contributed by atoms with Gasteiger partial charge in [0, 0.05) is 29.0 Å². The Morgan fingerprint density at radius 3 is 2.16 bits per heavy atom. The molecule has 0 saturated heterocycles. The fraction of sp³-hybridized carbons (Fsp3) is 0.320. The summed E-state index contributed by atoms with van der Waals surface area (Å²) in [6.45, 7) is 9.41. The second-order valence-corrected chi connectivity index (χ2v) is 8.97. The Hall–Kier alpha value is -3.61. The van der Waals surface area contributed by atoms with Crippen LogP contribution in [0.5, 0.6) is 0 Å². The predicted molar refractivity (Wildman–Crippen MR) is 128 cm³/mol. The maximum absolute atomic E-state index is 12.9. The molecule has 0 aliphatic carbocycles. The SMILES string of the molecule is CC(C)N(CC(=O)Nc1nc(-c2ccccc2)cn1-c1ccccc1)C(=O)NC(C)(C)C. The fourth-order valence-corrected chi connectivity index (χ4v) is 3.20. The molecular formula is C25H31N5O2. The zero-order valence-electron chi connectivity index (χ0n) is 19.3. The van der Waals surface area contributed by atoms with E-state index in [1.165, 1.54) is 4.90 Å². The number of benzene rings is 2. The number of carbonyl (C=O) groups is 2. The van der Waals surface area contributed by atoms with E-state index in [-0.39, 0.29) is 24.5 Å². The average molecular weight is 434 g/mol. The van der Waals surface area contributed by atoms with Gasteiger partial charge in [0.25, 0.3) is 0 Å². The first kappa shape index (κ1) is 23.1. The number of hydrogen-bond acceptors (Lipinski definition) is 3. The van der Waals surface area contributed by atoms with Crippen LogP contribution in [0.2, 0.25) is 0 Å². The molecule has 0 aliphatic heterocycles.